The molecular formula is C12H23O3PW. The molecule has 0 spiro atoms. The average molecular weight is 430 g/mol. The van der Waals surface area contributed by atoms with Gasteiger partial charge in [0.05, 0.1) is 6.61 Å². The average Bonchev–Trinajstić information content (AvgIpc) is 2.23. The Balaban J connectivity index is 0. The van der Waals surface area contributed by atoms with Crippen molar-refractivity contribution in [1.29, 1.82) is 0 Å². The molecule has 1 aliphatic rings. The van der Waals surface area contributed by atoms with Crippen molar-refractivity contribution < 1.29 is 35.3 Å². The Kier molecular flexibility index (Phi) is 11.3. The van der Waals surface area contributed by atoms with Gasteiger partial charge in [0.2, 0.25) is 0 Å². The zero-order valence-electron chi connectivity index (χ0n) is 11.1. The van der Waals surface area contributed by atoms with Crippen LogP contribution in [0.3, 0.4) is 0 Å². The monoisotopic (exact) mass is 430 g/mol. The first kappa shape index (κ1) is 20.0. The molecule has 100 valence electrons. The maximum atomic E-state index is 11.1. The molecule has 0 amide bonds. The maximum absolute atomic E-state index is 11.1. The standard InChI is InChI=1S/C11H20O3P.CH3.W/c1-9-4-11(7-12,8-13-2)14-5-10(9)6-15-3;;/h5,7,9-10,15H,4,6,8H2,1-3H3;1H3;/q2*-1;+2. The molecule has 4 unspecified atom stereocenters. The van der Waals surface area contributed by atoms with Crippen molar-refractivity contribution in [2.45, 2.75) is 18.9 Å². The Morgan fingerprint density at radius 1 is 1.65 bits per heavy atom. The predicted octanol–water partition coefficient (Wildman–Crippen LogP) is 2.16. The fourth-order valence-electron chi connectivity index (χ4n) is 2.03. The van der Waals surface area contributed by atoms with E-state index in [-0.39, 0.29) is 28.5 Å². The maximum Gasteiger partial charge on any atom is 2.00 e. The normalized spacial score (nSPS) is 32.9. The number of carbonyl (C=O) groups excluding carboxylic acids is 1. The van der Waals surface area contributed by atoms with Gasteiger partial charge in [-0.3, -0.25) is 0 Å². The van der Waals surface area contributed by atoms with Crippen LogP contribution in [0.4, 0.5) is 0 Å². The molecule has 17 heavy (non-hydrogen) atoms. The van der Waals surface area contributed by atoms with Crippen molar-refractivity contribution in [1.82, 2.24) is 0 Å². The molecule has 1 fully saturated rings. The van der Waals surface area contributed by atoms with Crippen LogP contribution in [0.1, 0.15) is 13.3 Å². The number of methoxy groups -OCH3 is 1. The summed E-state index contributed by atoms with van der Waals surface area (Å²) < 4.78 is 10.6. The van der Waals surface area contributed by atoms with Crippen molar-refractivity contribution in [3.8, 4) is 0 Å². The summed E-state index contributed by atoms with van der Waals surface area (Å²) >= 11 is 0. The number of hydrogen-bond acceptors (Lipinski definition) is 3. The second-order valence-electron chi connectivity index (χ2n) is 4.27. The van der Waals surface area contributed by atoms with Gasteiger partial charge in [-0.25, -0.2) is 6.61 Å². The van der Waals surface area contributed by atoms with Crippen LogP contribution in [0.5, 0.6) is 0 Å². The summed E-state index contributed by atoms with van der Waals surface area (Å²) in [5.74, 6) is 0.977. The minimum atomic E-state index is -0.735. The number of carbonyl (C=O) groups is 1. The molecule has 0 saturated carbocycles. The molecule has 1 saturated heterocycles. The Morgan fingerprint density at radius 2 is 2.29 bits per heavy atom. The van der Waals surface area contributed by atoms with E-state index in [2.05, 4.69) is 13.6 Å². The van der Waals surface area contributed by atoms with Gasteiger partial charge in [0, 0.05) is 7.11 Å². The van der Waals surface area contributed by atoms with Crippen LogP contribution in [-0.2, 0) is 35.3 Å². The number of hydrogen-bond donors (Lipinski definition) is 0. The van der Waals surface area contributed by atoms with Gasteiger partial charge in [-0.05, 0) is 13.1 Å². The van der Waals surface area contributed by atoms with Gasteiger partial charge < -0.3 is 21.7 Å². The fourth-order valence-corrected chi connectivity index (χ4v) is 3.00. The van der Waals surface area contributed by atoms with Crippen LogP contribution in [-0.4, -0.2) is 38.4 Å². The van der Waals surface area contributed by atoms with Gasteiger partial charge in [0.1, 0.15) is 5.60 Å². The van der Waals surface area contributed by atoms with E-state index in [0.29, 0.717) is 18.4 Å². The van der Waals surface area contributed by atoms with Crippen LogP contribution >= 0.6 is 8.58 Å². The van der Waals surface area contributed by atoms with E-state index in [1.165, 1.54) is 0 Å². The number of aldehydes is 1. The molecule has 5 heteroatoms. The van der Waals surface area contributed by atoms with Crippen molar-refractivity contribution in [3.63, 3.8) is 0 Å². The molecule has 0 aromatic carbocycles. The molecule has 1 rings (SSSR count). The van der Waals surface area contributed by atoms with Gasteiger partial charge in [-0.2, -0.15) is 0 Å². The van der Waals surface area contributed by atoms with Crippen LogP contribution in [0, 0.1) is 25.9 Å². The predicted molar refractivity (Wildman–Crippen MR) is 68.8 cm³/mol. The van der Waals surface area contributed by atoms with Crippen molar-refractivity contribution in [3.05, 3.63) is 14.0 Å². The van der Waals surface area contributed by atoms with Gasteiger partial charge in [-0.1, -0.05) is 19.0 Å². The molecule has 0 radical (unpaired) electrons. The van der Waals surface area contributed by atoms with E-state index in [4.69, 9.17) is 9.47 Å². The summed E-state index contributed by atoms with van der Waals surface area (Å²) in [5, 5.41) is 0. The van der Waals surface area contributed by atoms with E-state index in [0.717, 1.165) is 27.4 Å². The molecule has 4 atom stereocenters. The smallest absolute Gasteiger partial charge is 0.540 e. The minimum Gasteiger partial charge on any atom is -0.540 e. The van der Waals surface area contributed by atoms with Gasteiger partial charge >= 0.3 is 21.1 Å². The van der Waals surface area contributed by atoms with E-state index < -0.39 is 5.60 Å². The summed E-state index contributed by atoms with van der Waals surface area (Å²) in [6.07, 6.45) is 2.80. The largest absolute Gasteiger partial charge is 2.00 e. The fraction of sp³-hybridized carbons (Fsp3) is 0.750. The molecule has 0 bridgehead atoms. The van der Waals surface area contributed by atoms with Crippen LogP contribution in [0.2, 0.25) is 0 Å². The molecule has 0 aliphatic carbocycles. The van der Waals surface area contributed by atoms with E-state index >= 15 is 0 Å². The second-order valence-corrected chi connectivity index (χ2v) is 5.39. The second kappa shape index (κ2) is 9.61. The summed E-state index contributed by atoms with van der Waals surface area (Å²) in [6.45, 7) is 6.56. The summed E-state index contributed by atoms with van der Waals surface area (Å²) in [6, 6.07) is 0. The zero-order valence-corrected chi connectivity index (χ0v) is 15.0. The Bertz CT molecular complexity index is 216. The zero-order chi connectivity index (χ0) is 11.3. The SMILES string of the molecule is COCC1(C=O)CC(C)C(CPC)[CH-]O1.[CH3-].[W+2]. The van der Waals surface area contributed by atoms with Gasteiger partial charge in [0.25, 0.3) is 0 Å². The Labute approximate surface area is 121 Å². The Hall–Kier alpha value is 0.708. The molecule has 0 aromatic rings. The van der Waals surface area contributed by atoms with Crippen LogP contribution in [0.25, 0.3) is 0 Å². The summed E-state index contributed by atoms with van der Waals surface area (Å²) in [4.78, 5) is 11.1. The first-order valence-corrected chi connectivity index (χ1v) is 6.99. The summed E-state index contributed by atoms with van der Waals surface area (Å²) in [7, 11) is 2.52. The first-order chi connectivity index (χ1) is 7.17. The van der Waals surface area contributed by atoms with Gasteiger partial charge in [-0.15, -0.1) is 14.5 Å². The number of ether oxygens (including phenoxy) is 2. The number of rotatable bonds is 5. The quantitative estimate of drug-likeness (QED) is 0.381. The third kappa shape index (κ3) is 5.47. The minimum absolute atomic E-state index is 0. The van der Waals surface area contributed by atoms with Gasteiger partial charge in [0.15, 0.2) is 6.29 Å². The molecule has 1 heterocycles. The molecular weight excluding hydrogens is 407 g/mol. The van der Waals surface area contributed by atoms with E-state index in [9.17, 15) is 4.79 Å². The summed E-state index contributed by atoms with van der Waals surface area (Å²) in [5.41, 5.74) is -0.735. The van der Waals surface area contributed by atoms with E-state index in [1.807, 2.05) is 6.61 Å². The Morgan fingerprint density at radius 3 is 2.71 bits per heavy atom. The van der Waals surface area contributed by atoms with Crippen molar-refractivity contribution in [2.75, 3.05) is 26.5 Å². The van der Waals surface area contributed by atoms with Crippen LogP contribution < -0.4 is 0 Å². The van der Waals surface area contributed by atoms with Crippen molar-refractivity contribution >= 4 is 14.9 Å². The third-order valence-electron chi connectivity index (χ3n) is 2.92. The van der Waals surface area contributed by atoms with E-state index in [1.54, 1.807) is 7.11 Å². The topological polar surface area (TPSA) is 35.5 Å². The van der Waals surface area contributed by atoms with Crippen LogP contribution in [0.15, 0.2) is 0 Å². The molecule has 0 N–H and O–H groups in total. The molecule has 3 nitrogen and oxygen atoms in total. The van der Waals surface area contributed by atoms with Crippen molar-refractivity contribution in [2.24, 2.45) is 11.8 Å². The third-order valence-corrected chi connectivity index (χ3v) is 3.80. The molecule has 1 aliphatic heterocycles. The molecule has 0 aromatic heterocycles. The first-order valence-electron chi connectivity index (χ1n) is 5.28.